The molecule has 0 spiro atoms. The lowest BCUT2D eigenvalue weighted by Crippen LogP contribution is -2.55. The van der Waals surface area contributed by atoms with Crippen LogP contribution in [0.2, 0.25) is 0 Å². The molecule has 2 aromatic heterocycles. The van der Waals surface area contributed by atoms with Gasteiger partial charge in [0.25, 0.3) is 0 Å². The fourth-order valence-electron chi connectivity index (χ4n) is 5.10. The zero-order chi connectivity index (χ0) is 30.1. The van der Waals surface area contributed by atoms with Crippen LogP contribution in [0.3, 0.4) is 0 Å². The van der Waals surface area contributed by atoms with Gasteiger partial charge in [0.2, 0.25) is 5.91 Å². The molecule has 0 saturated heterocycles. The quantitative estimate of drug-likeness (QED) is 0.130. The molecule has 218 valence electrons. The first kappa shape index (κ1) is 30.4. The number of rotatable bonds is 11. The van der Waals surface area contributed by atoms with Gasteiger partial charge in [0.05, 0.1) is 11.0 Å². The second-order valence-corrected chi connectivity index (χ2v) is 12.2. The zero-order valence-corrected chi connectivity index (χ0v) is 25.5. The van der Waals surface area contributed by atoms with Crippen molar-refractivity contribution in [1.29, 1.82) is 0 Å². The Hall–Kier alpha value is -3.52. The summed E-state index contributed by atoms with van der Waals surface area (Å²) in [5.74, 6) is 1.53. The Kier molecular flexibility index (Phi) is 8.73. The molecule has 0 atom stereocenters. The van der Waals surface area contributed by atoms with E-state index in [1.165, 1.54) is 6.08 Å². The molecule has 5 N–H and O–H groups in total. The highest BCUT2D eigenvalue weighted by molar-refractivity contribution is 7.39. The second-order valence-electron chi connectivity index (χ2n) is 11.5. The number of hydrogen-bond acceptors (Lipinski definition) is 7. The Labute approximate surface area is 242 Å². The number of nitrogens with zero attached hydrogens (tertiary/aromatic N) is 3. The van der Waals surface area contributed by atoms with Crippen molar-refractivity contribution in [3.8, 4) is 5.75 Å². The van der Waals surface area contributed by atoms with Gasteiger partial charge in [0, 0.05) is 29.3 Å². The molecule has 1 amide bonds. The molecule has 2 heterocycles. The number of benzene rings is 2. The molecule has 10 heteroatoms. The van der Waals surface area contributed by atoms with E-state index in [1.807, 2.05) is 39.0 Å². The van der Waals surface area contributed by atoms with E-state index in [0.29, 0.717) is 23.6 Å². The van der Waals surface area contributed by atoms with Crippen molar-refractivity contribution in [2.45, 2.75) is 78.3 Å². The highest BCUT2D eigenvalue weighted by atomic mass is 31.2. The molecular formula is C31H40N5O4P. The first-order valence-electron chi connectivity index (χ1n) is 13.8. The molecule has 41 heavy (non-hydrogen) atoms. The van der Waals surface area contributed by atoms with Crippen LogP contribution in [0.5, 0.6) is 5.75 Å². The summed E-state index contributed by atoms with van der Waals surface area (Å²) < 4.78 is 7.36. The molecule has 4 aromatic rings. The maximum atomic E-state index is 12.2. The maximum absolute atomic E-state index is 12.2. The number of carbonyl (C=O) groups excluding carboxylic acids is 1. The Morgan fingerprint density at radius 2 is 1.90 bits per heavy atom. The van der Waals surface area contributed by atoms with E-state index in [4.69, 9.17) is 20.2 Å². The van der Waals surface area contributed by atoms with Crippen molar-refractivity contribution >= 4 is 42.3 Å². The van der Waals surface area contributed by atoms with E-state index in [-0.39, 0.29) is 5.91 Å². The van der Waals surface area contributed by atoms with Crippen LogP contribution in [0, 0.1) is 6.92 Å². The lowest BCUT2D eigenvalue weighted by molar-refractivity contribution is -0.118. The average molecular weight is 578 g/mol. The number of imidazole rings is 1. The average Bonchev–Trinajstić information content (AvgIpc) is 3.26. The van der Waals surface area contributed by atoms with E-state index < -0.39 is 19.6 Å². The summed E-state index contributed by atoms with van der Waals surface area (Å²) in [6.07, 6.45) is 4.10. The number of pyridine rings is 1. The van der Waals surface area contributed by atoms with Gasteiger partial charge in [-0.3, -0.25) is 4.79 Å². The molecule has 0 unspecified atom stereocenters. The molecule has 0 bridgehead atoms. The summed E-state index contributed by atoms with van der Waals surface area (Å²) in [5, 5.41) is 4.00. The molecule has 0 aliphatic heterocycles. The fourth-order valence-corrected chi connectivity index (χ4v) is 5.48. The van der Waals surface area contributed by atoms with Gasteiger partial charge in [-0.05, 0) is 62.1 Å². The summed E-state index contributed by atoms with van der Waals surface area (Å²) in [5.41, 5.74) is 10.7. The minimum atomic E-state index is -2.49. The van der Waals surface area contributed by atoms with Gasteiger partial charge in [-0.1, -0.05) is 58.0 Å². The lowest BCUT2D eigenvalue weighted by Gasteiger charge is -2.42. The van der Waals surface area contributed by atoms with E-state index in [9.17, 15) is 14.6 Å². The zero-order valence-electron chi connectivity index (χ0n) is 24.7. The highest BCUT2D eigenvalue weighted by Crippen LogP contribution is 2.38. The van der Waals surface area contributed by atoms with E-state index in [1.54, 1.807) is 6.07 Å². The Balaban J connectivity index is 1.86. The molecule has 0 aliphatic rings. The van der Waals surface area contributed by atoms with Crippen LogP contribution < -0.4 is 15.6 Å². The van der Waals surface area contributed by atoms with Gasteiger partial charge in [0.15, 0.2) is 5.82 Å². The van der Waals surface area contributed by atoms with Crippen LogP contribution in [-0.4, -0.2) is 35.8 Å². The van der Waals surface area contributed by atoms with Gasteiger partial charge in [-0.25, -0.2) is 9.97 Å². The van der Waals surface area contributed by atoms with Crippen molar-refractivity contribution in [1.82, 2.24) is 19.9 Å². The summed E-state index contributed by atoms with van der Waals surface area (Å²) in [7, 11) is -2.49. The summed E-state index contributed by atoms with van der Waals surface area (Å²) in [4.78, 5) is 40.5. The minimum absolute atomic E-state index is 0.222. The summed E-state index contributed by atoms with van der Waals surface area (Å²) in [6, 6.07) is 11.9. The predicted octanol–water partition coefficient (Wildman–Crippen LogP) is 5.81. The third-order valence-corrected chi connectivity index (χ3v) is 8.56. The van der Waals surface area contributed by atoms with Crippen LogP contribution in [0.15, 0.2) is 49.1 Å². The maximum Gasteiger partial charge on any atom is 0.391 e. The highest BCUT2D eigenvalue weighted by Gasteiger charge is 2.39. The molecule has 0 aliphatic carbocycles. The number of carbonyl (C=O) groups is 1. The Morgan fingerprint density at radius 1 is 1.17 bits per heavy atom. The van der Waals surface area contributed by atoms with Crippen LogP contribution in [-0.2, 0) is 23.2 Å². The third kappa shape index (κ3) is 6.08. The van der Waals surface area contributed by atoms with Crippen molar-refractivity contribution in [3.63, 3.8) is 0 Å². The van der Waals surface area contributed by atoms with E-state index in [0.717, 1.165) is 58.2 Å². The lowest BCUT2D eigenvalue weighted by atomic mass is 9.69. The third-order valence-electron chi connectivity index (χ3n) is 8.20. The monoisotopic (exact) mass is 577 g/mol. The molecule has 0 fully saturated rings. The molecule has 9 nitrogen and oxygen atoms in total. The molecule has 2 aromatic carbocycles. The molecule has 0 saturated carbocycles. The first-order valence-corrected chi connectivity index (χ1v) is 14.9. The van der Waals surface area contributed by atoms with Gasteiger partial charge in [-0.2, -0.15) is 0 Å². The van der Waals surface area contributed by atoms with Gasteiger partial charge < -0.3 is 29.9 Å². The second kappa shape index (κ2) is 11.8. The van der Waals surface area contributed by atoms with Crippen molar-refractivity contribution in [2.75, 3.05) is 5.73 Å². The van der Waals surface area contributed by atoms with Crippen LogP contribution in [0.4, 0.5) is 5.82 Å². The molecule has 0 radical (unpaired) electrons. The topological polar surface area (TPSA) is 136 Å². The number of nitrogen functional groups attached to an aromatic ring is 1. The van der Waals surface area contributed by atoms with Crippen molar-refractivity contribution in [3.05, 3.63) is 71.6 Å². The number of anilines is 1. The number of aryl methyl sites for hydroxylation is 2. The Bertz CT molecular complexity index is 1610. The van der Waals surface area contributed by atoms with Crippen molar-refractivity contribution in [2.24, 2.45) is 0 Å². The number of aromatic nitrogens is 3. The predicted molar refractivity (Wildman–Crippen MR) is 166 cm³/mol. The largest absolute Gasteiger partial charge is 0.427 e. The summed E-state index contributed by atoms with van der Waals surface area (Å²) >= 11 is 0. The van der Waals surface area contributed by atoms with Gasteiger partial charge >= 0.3 is 8.60 Å². The van der Waals surface area contributed by atoms with Gasteiger partial charge in [0.1, 0.15) is 17.1 Å². The van der Waals surface area contributed by atoms with Crippen LogP contribution in [0.25, 0.3) is 21.9 Å². The normalized spacial score (nSPS) is 12.3. The summed E-state index contributed by atoms with van der Waals surface area (Å²) in [6.45, 7) is 16.4. The number of nitrogens with one attached hydrogen (secondary N) is 1. The smallest absolute Gasteiger partial charge is 0.391 e. The Morgan fingerprint density at radius 3 is 2.54 bits per heavy atom. The molecular weight excluding hydrogens is 537 g/mol. The van der Waals surface area contributed by atoms with E-state index in [2.05, 4.69) is 49.4 Å². The SMILES string of the molecule is C=CC(=O)NC(C)(C)C(C)(C)c1ccc2c(c1)nc(N)c1nc(CCCC)n(Cc3ccc(OP(O)O)c(C)c3)c12. The number of hydrogen-bond donors (Lipinski definition) is 4. The number of fused-ring (bicyclic) bond motifs is 3. The number of amides is 1. The van der Waals surface area contributed by atoms with Crippen molar-refractivity contribution < 1.29 is 19.1 Å². The number of nitrogens with two attached hydrogens (primary N) is 1. The van der Waals surface area contributed by atoms with E-state index >= 15 is 0 Å². The standard InChI is InChI=1S/C31H40N5O4P/c1-8-10-11-25-34-27-28(36(25)18-20-12-15-24(19(3)16-20)40-41(38)39)22-14-13-21(17-23(22)33-29(27)32)30(4,5)31(6,7)35-26(37)9-2/h9,12-17,38-39H,2,8,10-11,18H2,1,3-7H3,(H2,32,33)(H,35,37). The minimum Gasteiger partial charge on any atom is -0.427 e. The fraction of sp³-hybridized carbons (Fsp3) is 0.387. The molecule has 4 rings (SSSR count). The number of unbranched alkanes of at least 4 members (excludes halogenated alkanes) is 1. The van der Waals surface area contributed by atoms with Gasteiger partial charge in [-0.15, -0.1) is 0 Å². The first-order chi connectivity index (χ1) is 19.3. The van der Waals surface area contributed by atoms with Crippen LogP contribution in [0.1, 0.15) is 70.0 Å². The van der Waals surface area contributed by atoms with Crippen LogP contribution >= 0.6 is 8.60 Å².